The Morgan fingerprint density at radius 2 is 1.84 bits per heavy atom. The second-order valence-corrected chi connectivity index (χ2v) is 6.87. The van der Waals surface area contributed by atoms with E-state index in [-0.39, 0.29) is 11.3 Å². The number of pyridine rings is 1. The Hall–Kier alpha value is -4.26. The number of nitrogens with zero attached hydrogens (tertiary/aromatic N) is 1. The number of aromatic nitrogens is 1. The largest absolute Gasteiger partial charge is 0.457 e. The minimum Gasteiger partial charge on any atom is -0.457 e. The number of halogens is 1. The number of hydrogen-bond donors (Lipinski definition) is 2. The van der Waals surface area contributed by atoms with Crippen molar-refractivity contribution in [3.63, 3.8) is 0 Å². The van der Waals surface area contributed by atoms with Gasteiger partial charge in [0.1, 0.15) is 23.0 Å². The quantitative estimate of drug-likeness (QED) is 0.488. The third-order valence-corrected chi connectivity index (χ3v) is 4.83. The van der Waals surface area contributed by atoms with Crippen LogP contribution in [0.3, 0.4) is 0 Å². The van der Waals surface area contributed by atoms with E-state index in [1.54, 1.807) is 49.4 Å². The predicted molar refractivity (Wildman–Crippen MR) is 116 cm³/mol. The second kappa shape index (κ2) is 8.23. The molecule has 3 aromatic carbocycles. The topological polar surface area (TPSA) is 94.3 Å². The number of rotatable bonds is 5. The Morgan fingerprint density at radius 1 is 1.03 bits per heavy atom. The number of carbonyl (C=O) groups excluding carboxylic acids is 2. The summed E-state index contributed by atoms with van der Waals surface area (Å²) >= 11 is 0. The highest BCUT2D eigenvalue weighted by Gasteiger charge is 2.14. The van der Waals surface area contributed by atoms with Crippen molar-refractivity contribution in [3.05, 3.63) is 95.6 Å². The van der Waals surface area contributed by atoms with E-state index in [1.807, 2.05) is 6.07 Å². The molecule has 2 amide bonds. The highest BCUT2D eigenvalue weighted by Crippen LogP contribution is 2.31. The van der Waals surface area contributed by atoms with Crippen molar-refractivity contribution in [1.29, 1.82) is 0 Å². The van der Waals surface area contributed by atoms with Crippen molar-refractivity contribution in [2.75, 3.05) is 5.32 Å². The summed E-state index contributed by atoms with van der Waals surface area (Å²) in [5.41, 5.74) is 6.56. The molecule has 7 heteroatoms. The van der Waals surface area contributed by atoms with Gasteiger partial charge >= 0.3 is 0 Å². The third kappa shape index (κ3) is 4.06. The zero-order valence-corrected chi connectivity index (χ0v) is 16.6. The summed E-state index contributed by atoms with van der Waals surface area (Å²) in [5.74, 6) is -0.741. The maximum absolute atomic E-state index is 13.9. The lowest BCUT2D eigenvalue weighted by molar-refractivity contribution is 0.0992. The first kappa shape index (κ1) is 20.0. The molecule has 0 bridgehead atoms. The Labute approximate surface area is 177 Å². The van der Waals surface area contributed by atoms with E-state index in [4.69, 9.17) is 10.5 Å². The standard InChI is InChI=1S/C24H18FN3O3/c1-14-21(11-12-27-22(14)23(26)29)31-16-9-10-17-15(13-16)5-4-8-20(17)28-24(30)18-6-2-3-7-19(18)25/h2-13H,1H3,(H2,26,29)(H,28,30). The van der Waals surface area contributed by atoms with E-state index in [9.17, 15) is 14.0 Å². The predicted octanol–water partition coefficient (Wildman–Crippen LogP) is 4.83. The lowest BCUT2D eigenvalue weighted by Gasteiger charge is -2.13. The van der Waals surface area contributed by atoms with E-state index in [2.05, 4.69) is 10.3 Å². The van der Waals surface area contributed by atoms with Gasteiger partial charge in [-0.2, -0.15) is 0 Å². The van der Waals surface area contributed by atoms with Crippen molar-refractivity contribution < 1.29 is 18.7 Å². The van der Waals surface area contributed by atoms with Crippen LogP contribution in [0.25, 0.3) is 10.8 Å². The lowest BCUT2D eigenvalue weighted by atomic mass is 10.1. The molecule has 154 valence electrons. The number of nitrogens with one attached hydrogen (secondary N) is 1. The molecular formula is C24H18FN3O3. The molecule has 6 nitrogen and oxygen atoms in total. The van der Waals surface area contributed by atoms with Crippen molar-refractivity contribution in [2.24, 2.45) is 5.73 Å². The van der Waals surface area contributed by atoms with E-state index in [0.29, 0.717) is 22.7 Å². The minimum atomic E-state index is -0.628. The van der Waals surface area contributed by atoms with Gasteiger partial charge in [0.15, 0.2) is 0 Å². The molecule has 0 saturated carbocycles. The van der Waals surface area contributed by atoms with Crippen LogP contribution in [0.1, 0.15) is 26.4 Å². The number of anilines is 1. The second-order valence-electron chi connectivity index (χ2n) is 6.87. The molecular weight excluding hydrogens is 397 g/mol. The van der Waals surface area contributed by atoms with Crippen LogP contribution in [0.5, 0.6) is 11.5 Å². The maximum Gasteiger partial charge on any atom is 0.267 e. The minimum absolute atomic E-state index is 0.0297. The van der Waals surface area contributed by atoms with Gasteiger partial charge in [0.05, 0.1) is 5.56 Å². The molecule has 3 N–H and O–H groups in total. The molecule has 0 atom stereocenters. The number of amides is 2. The number of hydrogen-bond acceptors (Lipinski definition) is 4. The number of carbonyl (C=O) groups is 2. The first-order valence-electron chi connectivity index (χ1n) is 9.46. The van der Waals surface area contributed by atoms with Gasteiger partial charge in [0.25, 0.3) is 11.8 Å². The van der Waals surface area contributed by atoms with Crippen LogP contribution < -0.4 is 15.8 Å². The van der Waals surface area contributed by atoms with E-state index in [1.165, 1.54) is 24.4 Å². The molecule has 0 aliphatic carbocycles. The van der Waals surface area contributed by atoms with Crippen molar-refractivity contribution >= 4 is 28.3 Å². The van der Waals surface area contributed by atoms with E-state index in [0.717, 1.165) is 10.8 Å². The number of fused-ring (bicyclic) bond motifs is 1. The lowest BCUT2D eigenvalue weighted by Crippen LogP contribution is -2.15. The van der Waals surface area contributed by atoms with Crippen LogP contribution in [0.2, 0.25) is 0 Å². The summed E-state index contributed by atoms with van der Waals surface area (Å²) in [6.45, 7) is 1.71. The molecule has 0 spiro atoms. The molecule has 1 heterocycles. The maximum atomic E-state index is 13.9. The monoisotopic (exact) mass is 415 g/mol. The van der Waals surface area contributed by atoms with Crippen LogP contribution in [0.4, 0.5) is 10.1 Å². The number of benzene rings is 3. The summed E-state index contributed by atoms with van der Waals surface area (Å²) in [5, 5.41) is 4.34. The average Bonchev–Trinajstić information content (AvgIpc) is 2.75. The highest BCUT2D eigenvalue weighted by molar-refractivity contribution is 6.09. The first-order chi connectivity index (χ1) is 14.9. The van der Waals surface area contributed by atoms with E-state index < -0.39 is 17.6 Å². The molecule has 0 radical (unpaired) electrons. The van der Waals surface area contributed by atoms with Crippen molar-refractivity contribution in [3.8, 4) is 11.5 Å². The number of nitrogens with two attached hydrogens (primary N) is 1. The first-order valence-corrected chi connectivity index (χ1v) is 9.46. The molecule has 0 aliphatic rings. The molecule has 31 heavy (non-hydrogen) atoms. The van der Waals surface area contributed by atoms with Crippen LogP contribution >= 0.6 is 0 Å². The van der Waals surface area contributed by atoms with E-state index >= 15 is 0 Å². The van der Waals surface area contributed by atoms with Crippen LogP contribution in [0, 0.1) is 12.7 Å². The third-order valence-electron chi connectivity index (χ3n) is 4.83. The number of ether oxygens (including phenoxy) is 1. The van der Waals surface area contributed by atoms with Gasteiger partial charge in [-0.25, -0.2) is 4.39 Å². The molecule has 0 aliphatic heterocycles. The molecule has 0 saturated heterocycles. The molecule has 4 aromatic rings. The summed E-state index contributed by atoms with van der Waals surface area (Å²) in [6, 6.07) is 18.2. The van der Waals surface area contributed by atoms with Gasteiger partial charge in [-0.3, -0.25) is 14.6 Å². The summed E-state index contributed by atoms with van der Waals surface area (Å²) < 4.78 is 19.8. The fourth-order valence-electron chi connectivity index (χ4n) is 3.27. The smallest absolute Gasteiger partial charge is 0.267 e. The Kier molecular flexibility index (Phi) is 5.32. The van der Waals surface area contributed by atoms with Gasteiger partial charge < -0.3 is 15.8 Å². The zero-order chi connectivity index (χ0) is 22.0. The van der Waals surface area contributed by atoms with Gasteiger partial charge in [-0.1, -0.05) is 24.3 Å². The zero-order valence-electron chi connectivity index (χ0n) is 16.6. The van der Waals surface area contributed by atoms with Crippen molar-refractivity contribution in [1.82, 2.24) is 4.98 Å². The summed E-state index contributed by atoms with van der Waals surface area (Å²) in [7, 11) is 0. The SMILES string of the molecule is Cc1c(Oc2ccc3c(NC(=O)c4ccccc4F)cccc3c2)ccnc1C(N)=O. The summed E-state index contributed by atoms with van der Waals surface area (Å²) in [6.07, 6.45) is 1.46. The van der Waals surface area contributed by atoms with Crippen molar-refractivity contribution in [2.45, 2.75) is 6.92 Å². The number of primary amides is 1. The fraction of sp³-hybridized carbons (Fsp3) is 0.0417. The Bertz CT molecular complexity index is 1320. The normalized spacial score (nSPS) is 10.6. The average molecular weight is 415 g/mol. The molecule has 0 unspecified atom stereocenters. The van der Waals surface area contributed by atoms with Crippen LogP contribution in [-0.4, -0.2) is 16.8 Å². The van der Waals surface area contributed by atoms with Crippen LogP contribution in [0.15, 0.2) is 72.9 Å². The van der Waals surface area contributed by atoms with Crippen LogP contribution in [-0.2, 0) is 0 Å². The summed E-state index contributed by atoms with van der Waals surface area (Å²) in [4.78, 5) is 28.0. The molecule has 0 fully saturated rings. The van der Waals surface area contributed by atoms with Gasteiger partial charge in [0, 0.05) is 22.8 Å². The Balaban J connectivity index is 1.63. The van der Waals surface area contributed by atoms with Gasteiger partial charge in [-0.05, 0) is 54.8 Å². The van der Waals surface area contributed by atoms with Gasteiger partial charge in [0.2, 0.25) is 0 Å². The highest BCUT2D eigenvalue weighted by atomic mass is 19.1. The fourth-order valence-corrected chi connectivity index (χ4v) is 3.27. The molecule has 1 aromatic heterocycles. The Morgan fingerprint density at radius 3 is 2.61 bits per heavy atom. The molecule has 4 rings (SSSR count). The van der Waals surface area contributed by atoms with Gasteiger partial charge in [-0.15, -0.1) is 0 Å².